The summed E-state index contributed by atoms with van der Waals surface area (Å²) in [5.74, 6) is 0. The number of hydrogen-bond acceptors (Lipinski definition) is 12. The van der Waals surface area contributed by atoms with Crippen LogP contribution in [0.15, 0.2) is 243 Å². The highest BCUT2D eigenvalue weighted by molar-refractivity contribution is 5.21. The molecule has 0 spiro atoms. The van der Waals surface area contributed by atoms with E-state index < -0.39 is 30.0 Å². The fourth-order valence-corrected chi connectivity index (χ4v) is 10.6. The second-order valence-electron chi connectivity index (χ2n) is 22.3. The van der Waals surface area contributed by atoms with E-state index in [1.165, 1.54) is 0 Å². The third-order valence-corrected chi connectivity index (χ3v) is 14.6. The van der Waals surface area contributed by atoms with Crippen molar-refractivity contribution < 1.29 is 39.4 Å². The molecular weight excluding hydrogens is 1050 g/mol. The summed E-state index contributed by atoms with van der Waals surface area (Å²) in [6.45, 7) is 6.00. The molecule has 0 aliphatic carbocycles. The fraction of sp³-hybridized carbons (Fsp3) is 0.333. The van der Waals surface area contributed by atoms with Gasteiger partial charge in [0.2, 0.25) is 0 Å². The van der Waals surface area contributed by atoms with Gasteiger partial charge in [0.1, 0.15) is 0 Å². The van der Waals surface area contributed by atoms with Crippen LogP contribution in [0.4, 0.5) is 0 Å². The number of benzene rings is 8. The topological polar surface area (TPSA) is 131 Å². The molecule has 0 aliphatic heterocycles. The molecular formula is C72H86N4O8. The first-order chi connectivity index (χ1) is 41.2. The van der Waals surface area contributed by atoms with Crippen LogP contribution in [0.1, 0.15) is 44.5 Å². The molecule has 0 aromatic heterocycles. The maximum absolute atomic E-state index is 12.0. The quantitative estimate of drug-likeness (QED) is 0.0274. The minimum atomic E-state index is -1.24. The number of nitrogens with zero attached hydrogens (tertiary/aromatic N) is 4. The average molecular weight is 1140 g/mol. The predicted molar refractivity (Wildman–Crippen MR) is 333 cm³/mol. The molecule has 8 aromatic rings. The smallest absolute Gasteiger partial charge is 0.167 e. The van der Waals surface area contributed by atoms with Gasteiger partial charge < -0.3 is 39.4 Å². The van der Waals surface area contributed by atoms with Crippen molar-refractivity contribution >= 4 is 0 Å². The summed E-state index contributed by atoms with van der Waals surface area (Å²) in [5.41, 5.74) is 7.90. The third-order valence-electron chi connectivity index (χ3n) is 14.6. The van der Waals surface area contributed by atoms with Crippen LogP contribution >= 0.6 is 0 Å². The Balaban J connectivity index is 1.02. The van der Waals surface area contributed by atoms with Crippen LogP contribution in [-0.2, 0) is 71.3 Å². The van der Waals surface area contributed by atoms with E-state index in [9.17, 15) is 20.4 Å². The van der Waals surface area contributed by atoms with Crippen molar-refractivity contribution in [1.29, 1.82) is 0 Å². The number of aliphatic hydroxyl groups excluding tert-OH is 4. The normalized spacial score (nSPS) is 14.0. The molecule has 84 heavy (non-hydrogen) atoms. The Morgan fingerprint density at radius 3 is 0.655 bits per heavy atom. The van der Waals surface area contributed by atoms with E-state index in [1.807, 2.05) is 146 Å². The standard InChI is InChI=1S/C72H86N4O8/c77-68(49-73(41-60-25-9-1-10-26-60)42-61-27-11-2-12-28-61)53-81-56-72(59-84-71(80)52-76(47-66-37-21-7-22-38-66)48-67-39-23-8-24-40-67,57-82-54-69(78)50-74(43-62-29-13-3-14-30-62)44-63-31-15-4-16-32-63)58-83-55-70(79)51-75(45-64-33-17-5-18-34-64)46-65-35-19-6-20-36-65/h1-40,68-71,77-80H,41-59H2. The molecule has 0 radical (unpaired) electrons. The van der Waals surface area contributed by atoms with Gasteiger partial charge in [-0.05, 0) is 44.5 Å². The van der Waals surface area contributed by atoms with Gasteiger partial charge >= 0.3 is 0 Å². The molecule has 0 aliphatic rings. The Labute approximate surface area is 498 Å². The van der Waals surface area contributed by atoms with Crippen molar-refractivity contribution in [1.82, 2.24) is 19.6 Å². The molecule has 0 fully saturated rings. The lowest BCUT2D eigenvalue weighted by atomic mass is 9.92. The van der Waals surface area contributed by atoms with Gasteiger partial charge in [-0.15, -0.1) is 0 Å². The zero-order valence-corrected chi connectivity index (χ0v) is 48.5. The number of aliphatic hydroxyl groups is 4. The molecule has 442 valence electrons. The van der Waals surface area contributed by atoms with Gasteiger partial charge in [0, 0.05) is 78.5 Å². The number of rotatable bonds is 39. The maximum Gasteiger partial charge on any atom is 0.167 e. The van der Waals surface area contributed by atoms with Crippen LogP contribution in [-0.4, -0.2) is 137 Å². The summed E-state index contributed by atoms with van der Waals surface area (Å²) in [7, 11) is 0. The van der Waals surface area contributed by atoms with Crippen LogP contribution in [0.2, 0.25) is 0 Å². The Morgan fingerprint density at radius 2 is 0.452 bits per heavy atom. The highest BCUT2D eigenvalue weighted by Crippen LogP contribution is 2.24. The lowest BCUT2D eigenvalue weighted by Gasteiger charge is -2.35. The highest BCUT2D eigenvalue weighted by atomic mass is 16.6. The Morgan fingerprint density at radius 1 is 0.262 bits per heavy atom. The van der Waals surface area contributed by atoms with Crippen molar-refractivity contribution in [3.05, 3.63) is 287 Å². The van der Waals surface area contributed by atoms with Gasteiger partial charge in [0.05, 0.1) is 70.0 Å². The first-order valence-electron chi connectivity index (χ1n) is 29.5. The van der Waals surface area contributed by atoms with E-state index in [0.29, 0.717) is 72.0 Å². The Kier molecular flexibility index (Phi) is 26.8. The Bertz CT molecular complexity index is 2530. The monoisotopic (exact) mass is 1130 g/mol. The summed E-state index contributed by atoms with van der Waals surface area (Å²) in [6.07, 6.45) is -3.87. The molecule has 0 heterocycles. The van der Waals surface area contributed by atoms with E-state index in [0.717, 1.165) is 44.5 Å². The van der Waals surface area contributed by atoms with Gasteiger partial charge in [-0.3, -0.25) is 19.6 Å². The van der Waals surface area contributed by atoms with Crippen molar-refractivity contribution in [2.45, 2.75) is 77.0 Å². The van der Waals surface area contributed by atoms with Gasteiger partial charge in [0.25, 0.3) is 0 Å². The van der Waals surface area contributed by atoms with E-state index >= 15 is 0 Å². The number of hydrogen-bond donors (Lipinski definition) is 4. The van der Waals surface area contributed by atoms with Crippen molar-refractivity contribution in [3.63, 3.8) is 0 Å². The number of ether oxygens (including phenoxy) is 4. The highest BCUT2D eigenvalue weighted by Gasteiger charge is 2.35. The van der Waals surface area contributed by atoms with Gasteiger partial charge in [-0.2, -0.15) is 0 Å². The molecule has 8 aromatic carbocycles. The minimum absolute atomic E-state index is 0.000362. The molecule has 12 heteroatoms. The van der Waals surface area contributed by atoms with Gasteiger partial charge in [-0.25, -0.2) is 0 Å². The zero-order valence-electron chi connectivity index (χ0n) is 48.5. The average Bonchev–Trinajstić information content (AvgIpc) is 3.66. The first-order valence-corrected chi connectivity index (χ1v) is 29.5. The van der Waals surface area contributed by atoms with Crippen LogP contribution < -0.4 is 0 Å². The van der Waals surface area contributed by atoms with Crippen LogP contribution in [0.3, 0.4) is 0 Å². The van der Waals surface area contributed by atoms with Gasteiger partial charge in [0.15, 0.2) is 6.29 Å². The molecule has 12 nitrogen and oxygen atoms in total. The van der Waals surface area contributed by atoms with Crippen LogP contribution in [0, 0.1) is 5.41 Å². The van der Waals surface area contributed by atoms with Crippen molar-refractivity contribution in [2.75, 3.05) is 72.4 Å². The van der Waals surface area contributed by atoms with Crippen LogP contribution in [0.25, 0.3) is 0 Å². The van der Waals surface area contributed by atoms with Gasteiger partial charge in [-0.1, -0.05) is 243 Å². The molecule has 0 bridgehead atoms. The maximum atomic E-state index is 12.0. The lowest BCUT2D eigenvalue weighted by molar-refractivity contribution is -0.178. The second-order valence-corrected chi connectivity index (χ2v) is 22.3. The second kappa shape index (κ2) is 35.5. The molecule has 0 amide bonds. The van der Waals surface area contributed by atoms with E-state index in [-0.39, 0.29) is 52.8 Å². The molecule has 0 saturated carbocycles. The molecule has 8 rings (SSSR count). The van der Waals surface area contributed by atoms with Crippen molar-refractivity contribution in [2.24, 2.45) is 5.41 Å². The zero-order chi connectivity index (χ0) is 58.3. The predicted octanol–water partition coefficient (Wildman–Crippen LogP) is 10.2. The summed E-state index contributed by atoms with van der Waals surface area (Å²) >= 11 is 0. The Hall–Kier alpha value is -6.72. The molecule has 4 atom stereocenters. The first kappa shape index (κ1) is 63.3. The third kappa shape index (κ3) is 23.7. The van der Waals surface area contributed by atoms with E-state index in [1.54, 1.807) is 0 Å². The van der Waals surface area contributed by atoms with Crippen LogP contribution in [0.5, 0.6) is 0 Å². The summed E-state index contributed by atoms with van der Waals surface area (Å²) in [4.78, 5) is 8.81. The molecule has 4 N–H and O–H groups in total. The molecule has 0 saturated heterocycles. The SMILES string of the molecule is OC(COCC(COCC(O)CN(Cc1ccccc1)Cc1ccccc1)(COCC(O)CN(Cc1ccccc1)Cc1ccccc1)COC(O)CN(Cc1ccccc1)Cc1ccccc1)CN(Cc1ccccc1)Cc1ccccc1. The van der Waals surface area contributed by atoms with E-state index in [4.69, 9.17) is 18.9 Å². The minimum Gasteiger partial charge on any atom is -0.389 e. The largest absolute Gasteiger partial charge is 0.389 e. The molecule has 4 unspecified atom stereocenters. The lowest BCUT2D eigenvalue weighted by Crippen LogP contribution is -2.46. The summed E-state index contributed by atoms with van der Waals surface area (Å²) < 4.78 is 26.3. The summed E-state index contributed by atoms with van der Waals surface area (Å²) in [5, 5.41) is 47.5. The fourth-order valence-electron chi connectivity index (χ4n) is 10.6. The van der Waals surface area contributed by atoms with E-state index in [2.05, 4.69) is 117 Å². The van der Waals surface area contributed by atoms with Crippen molar-refractivity contribution in [3.8, 4) is 0 Å². The summed E-state index contributed by atoms with van der Waals surface area (Å²) in [6, 6.07) is 81.8.